The van der Waals surface area contributed by atoms with Crippen molar-refractivity contribution in [2.45, 2.75) is 33.4 Å². The number of hydrogen-bond acceptors (Lipinski definition) is 4. The van der Waals surface area contributed by atoms with Crippen molar-refractivity contribution in [3.8, 4) is 0 Å². The van der Waals surface area contributed by atoms with E-state index in [9.17, 15) is 0 Å². The van der Waals surface area contributed by atoms with Crippen LogP contribution in [0.1, 0.15) is 35.7 Å². The van der Waals surface area contributed by atoms with Gasteiger partial charge in [0.2, 0.25) is 0 Å². The molecule has 0 amide bonds. The molecule has 1 atom stereocenters. The van der Waals surface area contributed by atoms with Gasteiger partial charge in [-0.15, -0.1) is 0 Å². The van der Waals surface area contributed by atoms with Crippen LogP contribution in [0.25, 0.3) is 0 Å². The van der Waals surface area contributed by atoms with Crippen molar-refractivity contribution in [1.82, 2.24) is 20.0 Å². The summed E-state index contributed by atoms with van der Waals surface area (Å²) in [6.45, 7) is 6.81. The summed E-state index contributed by atoms with van der Waals surface area (Å²) in [4.78, 5) is 4.35. The Balaban J connectivity index is 2.27. The third-order valence-electron chi connectivity index (χ3n) is 2.97. The molecule has 0 aromatic carbocycles. The van der Waals surface area contributed by atoms with Crippen LogP contribution in [0.3, 0.4) is 0 Å². The molecule has 2 rings (SSSR count). The number of nitrogens with one attached hydrogen (secondary N) is 1. The fourth-order valence-corrected chi connectivity index (χ4v) is 2.10. The fourth-order valence-electron chi connectivity index (χ4n) is 2.10. The van der Waals surface area contributed by atoms with Gasteiger partial charge in [0, 0.05) is 18.3 Å². The zero-order chi connectivity index (χ0) is 12.4. The molecular formula is C12H18N4O. The lowest BCUT2D eigenvalue weighted by atomic mass is 10.1. The van der Waals surface area contributed by atoms with Crippen molar-refractivity contribution < 1.29 is 4.52 Å². The smallest absolute Gasteiger partial charge is 0.139 e. The molecule has 1 N–H and O–H groups in total. The van der Waals surface area contributed by atoms with Crippen LogP contribution in [0.15, 0.2) is 17.0 Å². The summed E-state index contributed by atoms with van der Waals surface area (Å²) >= 11 is 0. The highest BCUT2D eigenvalue weighted by Crippen LogP contribution is 2.24. The molecule has 0 aliphatic rings. The van der Waals surface area contributed by atoms with Crippen molar-refractivity contribution in [2.24, 2.45) is 0 Å². The monoisotopic (exact) mass is 234 g/mol. The Hall–Kier alpha value is -1.62. The molecule has 5 heteroatoms. The molecule has 1 unspecified atom stereocenters. The molecule has 0 aliphatic heterocycles. The van der Waals surface area contributed by atoms with Crippen LogP contribution in [-0.4, -0.2) is 21.8 Å². The minimum absolute atomic E-state index is 0.194. The van der Waals surface area contributed by atoms with Gasteiger partial charge in [0.05, 0.1) is 23.8 Å². The molecule has 2 aromatic heterocycles. The fraction of sp³-hybridized carbons (Fsp3) is 0.500. The Morgan fingerprint density at radius 2 is 2.24 bits per heavy atom. The van der Waals surface area contributed by atoms with Crippen LogP contribution < -0.4 is 5.32 Å². The van der Waals surface area contributed by atoms with Gasteiger partial charge in [0.25, 0.3) is 0 Å². The van der Waals surface area contributed by atoms with E-state index in [1.807, 2.05) is 33.4 Å². The van der Waals surface area contributed by atoms with E-state index in [2.05, 4.69) is 26.9 Å². The van der Waals surface area contributed by atoms with Crippen molar-refractivity contribution in [3.05, 3.63) is 35.2 Å². The molecule has 0 radical (unpaired) electrons. The van der Waals surface area contributed by atoms with Gasteiger partial charge in [-0.25, -0.2) is 4.98 Å². The predicted molar refractivity (Wildman–Crippen MR) is 64.8 cm³/mol. The van der Waals surface area contributed by atoms with E-state index in [1.54, 1.807) is 0 Å². The molecule has 92 valence electrons. The molecule has 2 heterocycles. The number of aromatic nitrogens is 3. The molecule has 0 spiro atoms. The summed E-state index contributed by atoms with van der Waals surface area (Å²) in [6.07, 6.45) is 3.90. The SMILES string of the molecule is CNCc1cn(C(C)c2c(C)noc2C)cn1. The first kappa shape index (κ1) is 11.9. The van der Waals surface area contributed by atoms with Gasteiger partial charge in [-0.3, -0.25) is 0 Å². The second-order valence-electron chi connectivity index (χ2n) is 4.26. The van der Waals surface area contributed by atoms with Crippen LogP contribution in [0.5, 0.6) is 0 Å². The highest BCUT2D eigenvalue weighted by molar-refractivity contribution is 5.25. The van der Waals surface area contributed by atoms with E-state index < -0.39 is 0 Å². The summed E-state index contributed by atoms with van der Waals surface area (Å²) in [5.41, 5.74) is 3.11. The van der Waals surface area contributed by atoms with E-state index in [0.717, 1.165) is 29.3 Å². The molecule has 0 fully saturated rings. The van der Waals surface area contributed by atoms with Crippen LogP contribution >= 0.6 is 0 Å². The van der Waals surface area contributed by atoms with Crippen LogP contribution in [0, 0.1) is 13.8 Å². The van der Waals surface area contributed by atoms with Crippen molar-refractivity contribution >= 4 is 0 Å². The maximum atomic E-state index is 5.20. The second-order valence-corrected chi connectivity index (χ2v) is 4.26. The van der Waals surface area contributed by atoms with Gasteiger partial charge in [-0.1, -0.05) is 5.16 Å². The summed E-state index contributed by atoms with van der Waals surface area (Å²) in [5.74, 6) is 0.874. The third kappa shape index (κ3) is 2.24. The zero-order valence-electron chi connectivity index (χ0n) is 10.7. The Labute approximate surface area is 101 Å². The standard InChI is InChI=1S/C12H18N4O/c1-8-12(10(3)17-15-8)9(2)16-6-11(5-13-4)14-7-16/h6-7,9,13H,5H2,1-4H3. The normalized spacial score (nSPS) is 12.9. The van der Waals surface area contributed by atoms with Crippen molar-refractivity contribution in [3.63, 3.8) is 0 Å². The average Bonchev–Trinajstić information content (AvgIpc) is 2.87. The first-order chi connectivity index (χ1) is 8.13. The molecule has 17 heavy (non-hydrogen) atoms. The van der Waals surface area contributed by atoms with Gasteiger partial charge in [-0.2, -0.15) is 0 Å². The highest BCUT2D eigenvalue weighted by atomic mass is 16.5. The minimum Gasteiger partial charge on any atom is -0.361 e. The van der Waals surface area contributed by atoms with Gasteiger partial charge in [0.1, 0.15) is 5.76 Å². The topological polar surface area (TPSA) is 55.9 Å². The van der Waals surface area contributed by atoms with Gasteiger partial charge < -0.3 is 14.4 Å². The Morgan fingerprint density at radius 3 is 2.82 bits per heavy atom. The largest absolute Gasteiger partial charge is 0.361 e. The van der Waals surface area contributed by atoms with Crippen molar-refractivity contribution in [1.29, 1.82) is 0 Å². The molecule has 2 aromatic rings. The molecule has 0 saturated heterocycles. The Bertz CT molecular complexity index is 481. The van der Waals surface area contributed by atoms with Crippen LogP contribution in [0.2, 0.25) is 0 Å². The summed E-state index contributed by atoms with van der Waals surface area (Å²) < 4.78 is 7.28. The molecule has 0 bridgehead atoms. The molecule has 0 saturated carbocycles. The number of hydrogen-bond donors (Lipinski definition) is 1. The van der Waals surface area contributed by atoms with E-state index in [4.69, 9.17) is 4.52 Å². The average molecular weight is 234 g/mol. The summed E-state index contributed by atoms with van der Waals surface area (Å²) in [5, 5.41) is 7.07. The zero-order valence-corrected chi connectivity index (χ0v) is 10.7. The Kier molecular flexibility index (Phi) is 3.28. The number of nitrogens with zero attached hydrogens (tertiary/aromatic N) is 3. The van der Waals surface area contributed by atoms with Gasteiger partial charge >= 0.3 is 0 Å². The lowest BCUT2D eigenvalue weighted by molar-refractivity contribution is 0.391. The van der Waals surface area contributed by atoms with E-state index >= 15 is 0 Å². The number of imidazole rings is 1. The molecule has 5 nitrogen and oxygen atoms in total. The Morgan fingerprint density at radius 1 is 1.47 bits per heavy atom. The van der Waals surface area contributed by atoms with Gasteiger partial charge in [0.15, 0.2) is 0 Å². The van der Waals surface area contributed by atoms with E-state index in [0.29, 0.717) is 0 Å². The summed E-state index contributed by atoms with van der Waals surface area (Å²) in [6, 6.07) is 0.194. The van der Waals surface area contributed by atoms with E-state index in [1.165, 1.54) is 0 Å². The van der Waals surface area contributed by atoms with Crippen molar-refractivity contribution in [2.75, 3.05) is 7.05 Å². The lowest BCUT2D eigenvalue weighted by Gasteiger charge is -2.12. The third-order valence-corrected chi connectivity index (χ3v) is 2.97. The molecule has 0 aliphatic carbocycles. The maximum Gasteiger partial charge on any atom is 0.139 e. The van der Waals surface area contributed by atoms with Gasteiger partial charge in [-0.05, 0) is 27.8 Å². The number of rotatable bonds is 4. The maximum absolute atomic E-state index is 5.20. The number of aryl methyl sites for hydroxylation is 2. The predicted octanol–water partition coefficient (Wildman–Crippen LogP) is 1.82. The lowest BCUT2D eigenvalue weighted by Crippen LogP contribution is -2.07. The second kappa shape index (κ2) is 4.71. The quantitative estimate of drug-likeness (QED) is 0.876. The first-order valence-electron chi connectivity index (χ1n) is 5.73. The molecular weight excluding hydrogens is 216 g/mol. The highest BCUT2D eigenvalue weighted by Gasteiger charge is 2.17. The van der Waals surface area contributed by atoms with E-state index in [-0.39, 0.29) is 6.04 Å². The minimum atomic E-state index is 0.194. The first-order valence-corrected chi connectivity index (χ1v) is 5.73. The van der Waals surface area contributed by atoms with Crippen LogP contribution in [-0.2, 0) is 6.54 Å². The summed E-state index contributed by atoms with van der Waals surface area (Å²) in [7, 11) is 1.91. The van der Waals surface area contributed by atoms with Crippen LogP contribution in [0.4, 0.5) is 0 Å².